The summed E-state index contributed by atoms with van der Waals surface area (Å²) in [6.45, 7) is 2.12. The number of fused-ring (bicyclic) bond motifs is 1. The third-order valence-corrected chi connectivity index (χ3v) is 4.98. The number of carbonyl (C=O) groups excluding carboxylic acids is 1. The molecule has 0 saturated carbocycles. The maximum absolute atomic E-state index is 13.3. The van der Waals surface area contributed by atoms with Crippen LogP contribution < -0.4 is 15.0 Å². The predicted molar refractivity (Wildman–Crippen MR) is 108 cm³/mol. The summed E-state index contributed by atoms with van der Waals surface area (Å²) in [4.78, 5) is 15.2. The highest BCUT2D eigenvalue weighted by atomic mass is 16.5. The quantitative estimate of drug-likeness (QED) is 0.711. The molecule has 4 rings (SSSR count). The molecule has 3 aromatic rings. The number of amides is 1. The molecule has 0 fully saturated rings. The lowest BCUT2D eigenvalue weighted by Crippen LogP contribution is -2.43. The summed E-state index contributed by atoms with van der Waals surface area (Å²) in [7, 11) is 1.65. The minimum Gasteiger partial charge on any atom is -0.497 e. The van der Waals surface area contributed by atoms with Crippen LogP contribution in [0, 0.1) is 0 Å². The van der Waals surface area contributed by atoms with Gasteiger partial charge in [0.05, 0.1) is 12.7 Å². The number of aryl methyl sites for hydroxylation is 1. The first-order chi connectivity index (χ1) is 13.2. The second kappa shape index (κ2) is 7.16. The summed E-state index contributed by atoms with van der Waals surface area (Å²) in [6, 6.07) is 23.6. The maximum atomic E-state index is 13.3. The van der Waals surface area contributed by atoms with Gasteiger partial charge in [0.25, 0.3) is 5.91 Å². The van der Waals surface area contributed by atoms with Crippen LogP contribution in [0.3, 0.4) is 0 Å². The lowest BCUT2D eigenvalue weighted by molar-refractivity contribution is 0.0975. The highest BCUT2D eigenvalue weighted by Gasteiger charge is 2.33. The molecule has 4 nitrogen and oxygen atoms in total. The van der Waals surface area contributed by atoms with Gasteiger partial charge in [-0.15, -0.1) is 0 Å². The van der Waals surface area contributed by atoms with Gasteiger partial charge in [0.2, 0.25) is 0 Å². The third kappa shape index (κ3) is 3.14. The molecule has 1 atom stereocenters. The molecule has 0 radical (unpaired) electrons. The van der Waals surface area contributed by atoms with Gasteiger partial charge in [-0.25, -0.2) is 0 Å². The normalized spacial score (nSPS) is 15.9. The highest BCUT2D eigenvalue weighted by molar-refractivity contribution is 6.12. The fraction of sp³-hybridized carbons (Fsp3) is 0.174. The largest absolute Gasteiger partial charge is 0.497 e. The number of rotatable bonds is 4. The van der Waals surface area contributed by atoms with Crippen molar-refractivity contribution in [2.75, 3.05) is 17.3 Å². The number of nitrogens with one attached hydrogen (secondary N) is 1. The van der Waals surface area contributed by atoms with Crippen molar-refractivity contribution in [3.8, 4) is 5.75 Å². The van der Waals surface area contributed by atoms with Gasteiger partial charge in [-0.3, -0.25) is 9.69 Å². The Morgan fingerprint density at radius 1 is 0.963 bits per heavy atom. The average Bonchev–Trinajstić information content (AvgIpc) is 2.74. The van der Waals surface area contributed by atoms with Gasteiger partial charge < -0.3 is 10.1 Å². The summed E-state index contributed by atoms with van der Waals surface area (Å²) in [6.07, 6.45) is 0.683. The van der Waals surface area contributed by atoms with Crippen LogP contribution in [0.15, 0.2) is 72.8 Å². The minimum absolute atomic E-state index is 0.00517. The fourth-order valence-electron chi connectivity index (χ4n) is 3.43. The molecule has 0 aromatic heterocycles. The molecule has 0 bridgehead atoms. The third-order valence-electron chi connectivity index (χ3n) is 4.98. The zero-order chi connectivity index (χ0) is 18.8. The Hall–Kier alpha value is -3.27. The number of ether oxygens (including phenoxy) is 1. The predicted octanol–water partition coefficient (Wildman–Crippen LogP) is 5.03. The molecule has 0 unspecified atom stereocenters. The van der Waals surface area contributed by atoms with Crippen LogP contribution in [0.4, 0.5) is 11.4 Å². The Kier molecular flexibility index (Phi) is 4.55. The topological polar surface area (TPSA) is 41.6 Å². The van der Waals surface area contributed by atoms with Gasteiger partial charge >= 0.3 is 0 Å². The minimum atomic E-state index is -0.286. The molecule has 1 heterocycles. The number of para-hydroxylation sites is 1. The van der Waals surface area contributed by atoms with Gasteiger partial charge in [0.1, 0.15) is 11.9 Å². The van der Waals surface area contributed by atoms with Crippen molar-refractivity contribution in [2.24, 2.45) is 0 Å². The molecular formula is C23H22N2O2. The number of nitrogens with zero attached hydrogens (tertiary/aromatic N) is 1. The van der Waals surface area contributed by atoms with Crippen LogP contribution in [0.25, 0.3) is 0 Å². The second-order valence-electron chi connectivity index (χ2n) is 6.56. The zero-order valence-electron chi connectivity index (χ0n) is 15.5. The van der Waals surface area contributed by atoms with Gasteiger partial charge in [-0.2, -0.15) is 0 Å². The fourth-order valence-corrected chi connectivity index (χ4v) is 3.43. The van der Waals surface area contributed by atoms with Crippen molar-refractivity contribution in [1.29, 1.82) is 0 Å². The number of carbonyl (C=O) groups is 1. The first-order valence-corrected chi connectivity index (χ1v) is 9.13. The monoisotopic (exact) mass is 358 g/mol. The molecule has 1 aliphatic rings. The molecule has 0 aliphatic carbocycles. The Bertz CT molecular complexity index is 949. The second-order valence-corrected chi connectivity index (χ2v) is 6.56. The Balaban J connectivity index is 1.80. The van der Waals surface area contributed by atoms with E-state index in [1.165, 1.54) is 5.56 Å². The van der Waals surface area contributed by atoms with Crippen LogP contribution >= 0.6 is 0 Å². The van der Waals surface area contributed by atoms with Crippen LogP contribution in [-0.2, 0) is 6.42 Å². The molecule has 1 aliphatic heterocycles. The van der Waals surface area contributed by atoms with Crippen molar-refractivity contribution < 1.29 is 9.53 Å². The lowest BCUT2D eigenvalue weighted by Gasteiger charge is -2.38. The first-order valence-electron chi connectivity index (χ1n) is 9.13. The zero-order valence-corrected chi connectivity index (χ0v) is 15.5. The molecular weight excluding hydrogens is 336 g/mol. The van der Waals surface area contributed by atoms with Gasteiger partial charge in [0, 0.05) is 11.4 Å². The highest BCUT2D eigenvalue weighted by Crippen LogP contribution is 2.37. The van der Waals surface area contributed by atoms with E-state index in [0.717, 1.165) is 29.1 Å². The van der Waals surface area contributed by atoms with E-state index in [1.807, 2.05) is 65.6 Å². The van der Waals surface area contributed by atoms with E-state index in [4.69, 9.17) is 4.74 Å². The molecule has 1 amide bonds. The Morgan fingerprint density at radius 3 is 2.33 bits per heavy atom. The van der Waals surface area contributed by atoms with Gasteiger partial charge in [0.15, 0.2) is 0 Å². The van der Waals surface area contributed by atoms with E-state index in [9.17, 15) is 4.79 Å². The molecule has 1 N–H and O–H groups in total. The molecule has 0 spiro atoms. The number of methoxy groups -OCH3 is 1. The summed E-state index contributed by atoms with van der Waals surface area (Å²) >= 11 is 0. The van der Waals surface area contributed by atoms with E-state index in [2.05, 4.69) is 24.4 Å². The Morgan fingerprint density at radius 2 is 1.67 bits per heavy atom. The summed E-state index contributed by atoms with van der Waals surface area (Å²) in [5.41, 5.74) is 4.65. The average molecular weight is 358 g/mol. The van der Waals surface area contributed by atoms with E-state index in [1.54, 1.807) is 7.11 Å². The molecule has 3 aromatic carbocycles. The number of anilines is 2. The SMILES string of the molecule is CCc1ccc(N2C(=O)c3ccccc3N[C@@H]2c2ccc(OC)cc2)cc1. The molecule has 27 heavy (non-hydrogen) atoms. The van der Waals surface area contributed by atoms with Crippen molar-refractivity contribution >= 4 is 17.3 Å². The summed E-state index contributed by atoms with van der Waals surface area (Å²) < 4.78 is 5.27. The number of hydrogen-bond donors (Lipinski definition) is 1. The smallest absolute Gasteiger partial charge is 0.262 e. The van der Waals surface area contributed by atoms with E-state index in [0.29, 0.717) is 5.56 Å². The van der Waals surface area contributed by atoms with Gasteiger partial charge in [-0.05, 0) is 53.9 Å². The molecule has 0 saturated heterocycles. The maximum Gasteiger partial charge on any atom is 0.262 e. The first kappa shape index (κ1) is 17.2. The van der Waals surface area contributed by atoms with E-state index in [-0.39, 0.29) is 12.1 Å². The number of hydrogen-bond acceptors (Lipinski definition) is 3. The van der Waals surface area contributed by atoms with Crippen molar-refractivity contribution in [3.05, 3.63) is 89.5 Å². The van der Waals surface area contributed by atoms with Gasteiger partial charge in [-0.1, -0.05) is 43.3 Å². The lowest BCUT2D eigenvalue weighted by atomic mass is 10.0. The molecule has 4 heteroatoms. The number of benzene rings is 3. The van der Waals surface area contributed by atoms with Crippen LogP contribution in [0.1, 0.15) is 34.6 Å². The van der Waals surface area contributed by atoms with Crippen LogP contribution in [0.2, 0.25) is 0 Å². The molecule has 136 valence electrons. The van der Waals surface area contributed by atoms with Crippen molar-refractivity contribution in [1.82, 2.24) is 0 Å². The standard InChI is InChI=1S/C23H22N2O2/c1-3-16-8-12-18(13-9-16)25-22(17-10-14-19(27-2)15-11-17)24-21-7-5-4-6-20(21)23(25)26/h4-15,22,24H,3H2,1-2H3/t22-/m0/s1. The van der Waals surface area contributed by atoms with Crippen molar-refractivity contribution in [3.63, 3.8) is 0 Å². The van der Waals surface area contributed by atoms with E-state index < -0.39 is 0 Å². The Labute approximate surface area is 159 Å². The van der Waals surface area contributed by atoms with E-state index >= 15 is 0 Å². The van der Waals surface area contributed by atoms with Crippen molar-refractivity contribution in [2.45, 2.75) is 19.5 Å². The van der Waals surface area contributed by atoms with Crippen LogP contribution in [-0.4, -0.2) is 13.0 Å². The summed E-state index contributed by atoms with van der Waals surface area (Å²) in [5.74, 6) is 0.787. The summed E-state index contributed by atoms with van der Waals surface area (Å²) in [5, 5.41) is 3.52. The van der Waals surface area contributed by atoms with Crippen LogP contribution in [0.5, 0.6) is 5.75 Å².